The van der Waals surface area contributed by atoms with Crippen molar-refractivity contribution < 1.29 is 23.1 Å². The zero-order valence-electron chi connectivity index (χ0n) is 17.4. The second-order valence-electron chi connectivity index (χ2n) is 8.53. The number of carbonyl (C=O) groups is 2. The molecule has 1 aromatic rings. The monoisotopic (exact) mass is 423 g/mol. The van der Waals surface area contributed by atoms with Crippen LogP contribution in [-0.4, -0.2) is 48.1 Å². The van der Waals surface area contributed by atoms with Gasteiger partial charge in [0.25, 0.3) is 5.92 Å². The molecular weight excluding hydrogens is 392 g/mol. The number of benzene rings is 1. The first-order chi connectivity index (χ1) is 14.2. The van der Waals surface area contributed by atoms with Crippen molar-refractivity contribution in [3.05, 3.63) is 35.9 Å². The average Bonchev–Trinajstić information content (AvgIpc) is 3.11. The molecule has 1 aliphatic carbocycles. The number of hydrogen-bond donors (Lipinski definition) is 2. The van der Waals surface area contributed by atoms with Gasteiger partial charge in [0, 0.05) is 19.5 Å². The summed E-state index contributed by atoms with van der Waals surface area (Å²) in [5.74, 6) is -3.10. The number of halogens is 2. The first-order valence-electron chi connectivity index (χ1n) is 10.7. The molecular formula is C22H31F2N3O3. The molecule has 1 aliphatic heterocycles. The molecule has 0 unspecified atom stereocenters. The highest BCUT2D eigenvalue weighted by Gasteiger charge is 2.43. The SMILES string of the molecule is C[C@@H](C1CCC(OC(=O)NCc2ccccc2)CC1)[C@H](N)C(=O)N1CCC(F)(F)C1. The highest BCUT2D eigenvalue weighted by atomic mass is 19.3. The van der Waals surface area contributed by atoms with Crippen LogP contribution in [0.3, 0.4) is 0 Å². The number of amides is 2. The van der Waals surface area contributed by atoms with Gasteiger partial charge in [-0.3, -0.25) is 4.79 Å². The second-order valence-corrected chi connectivity index (χ2v) is 8.53. The molecule has 2 amide bonds. The van der Waals surface area contributed by atoms with E-state index in [1.54, 1.807) is 0 Å². The topological polar surface area (TPSA) is 84.7 Å². The summed E-state index contributed by atoms with van der Waals surface area (Å²) in [5, 5.41) is 2.76. The molecule has 1 aromatic carbocycles. The maximum absolute atomic E-state index is 13.4. The predicted octanol–water partition coefficient (Wildman–Crippen LogP) is 3.30. The molecule has 0 spiro atoms. The molecule has 8 heteroatoms. The predicted molar refractivity (Wildman–Crippen MR) is 109 cm³/mol. The summed E-state index contributed by atoms with van der Waals surface area (Å²) in [5.41, 5.74) is 7.14. The fourth-order valence-electron chi connectivity index (χ4n) is 4.35. The Balaban J connectivity index is 1.40. The van der Waals surface area contributed by atoms with Gasteiger partial charge < -0.3 is 20.7 Å². The normalized spacial score (nSPS) is 25.4. The number of nitrogens with zero attached hydrogens (tertiary/aromatic N) is 1. The molecule has 3 rings (SSSR count). The maximum atomic E-state index is 13.4. The largest absolute Gasteiger partial charge is 0.446 e. The Morgan fingerprint density at radius 2 is 1.90 bits per heavy atom. The molecule has 2 aliphatic rings. The van der Waals surface area contributed by atoms with Gasteiger partial charge in [0.1, 0.15) is 6.10 Å². The Hall–Kier alpha value is -2.22. The molecule has 1 saturated carbocycles. The fraction of sp³-hybridized carbons (Fsp3) is 0.636. The molecule has 0 bridgehead atoms. The van der Waals surface area contributed by atoms with Gasteiger partial charge in [0.05, 0.1) is 12.6 Å². The van der Waals surface area contributed by atoms with Crippen LogP contribution in [0.4, 0.5) is 13.6 Å². The Kier molecular flexibility index (Phi) is 7.28. The van der Waals surface area contributed by atoms with Crippen LogP contribution in [0.25, 0.3) is 0 Å². The lowest BCUT2D eigenvalue weighted by atomic mass is 9.76. The van der Waals surface area contributed by atoms with Crippen molar-refractivity contribution in [1.29, 1.82) is 0 Å². The van der Waals surface area contributed by atoms with Crippen molar-refractivity contribution in [3.63, 3.8) is 0 Å². The van der Waals surface area contributed by atoms with Crippen molar-refractivity contribution in [2.24, 2.45) is 17.6 Å². The van der Waals surface area contributed by atoms with Gasteiger partial charge in [-0.15, -0.1) is 0 Å². The van der Waals surface area contributed by atoms with Crippen LogP contribution in [-0.2, 0) is 16.1 Å². The third-order valence-corrected chi connectivity index (χ3v) is 6.35. The summed E-state index contributed by atoms with van der Waals surface area (Å²) in [6.45, 7) is 1.85. The zero-order chi connectivity index (χ0) is 21.7. The number of nitrogens with one attached hydrogen (secondary N) is 1. The molecule has 1 heterocycles. The van der Waals surface area contributed by atoms with E-state index in [1.165, 1.54) is 4.90 Å². The first-order valence-corrected chi connectivity index (χ1v) is 10.7. The molecule has 6 nitrogen and oxygen atoms in total. The molecule has 0 aromatic heterocycles. The van der Waals surface area contributed by atoms with E-state index in [0.29, 0.717) is 19.4 Å². The molecule has 3 N–H and O–H groups in total. The zero-order valence-corrected chi connectivity index (χ0v) is 17.4. The van der Waals surface area contributed by atoms with Gasteiger partial charge in [-0.1, -0.05) is 37.3 Å². The maximum Gasteiger partial charge on any atom is 0.407 e. The minimum Gasteiger partial charge on any atom is -0.446 e. The molecule has 2 atom stereocenters. The average molecular weight is 424 g/mol. The van der Waals surface area contributed by atoms with Crippen LogP contribution in [0.15, 0.2) is 30.3 Å². The van der Waals surface area contributed by atoms with Gasteiger partial charge in [-0.05, 0) is 43.1 Å². The third-order valence-electron chi connectivity index (χ3n) is 6.35. The summed E-state index contributed by atoms with van der Waals surface area (Å²) in [7, 11) is 0. The van der Waals surface area contributed by atoms with E-state index in [4.69, 9.17) is 10.5 Å². The summed E-state index contributed by atoms with van der Waals surface area (Å²) in [6.07, 6.45) is 2.09. The third kappa shape index (κ3) is 5.90. The quantitative estimate of drug-likeness (QED) is 0.735. The van der Waals surface area contributed by atoms with E-state index >= 15 is 0 Å². The number of alkyl carbamates (subject to hydrolysis) is 1. The summed E-state index contributed by atoms with van der Waals surface area (Å²) < 4.78 is 32.3. The number of likely N-dealkylation sites (tertiary alicyclic amines) is 1. The summed E-state index contributed by atoms with van der Waals surface area (Å²) in [6, 6.07) is 8.82. The lowest BCUT2D eigenvalue weighted by Gasteiger charge is -2.35. The van der Waals surface area contributed by atoms with Crippen molar-refractivity contribution in [3.8, 4) is 0 Å². The van der Waals surface area contributed by atoms with E-state index < -0.39 is 30.5 Å². The Bertz CT molecular complexity index is 724. The first kappa shape index (κ1) is 22.5. The van der Waals surface area contributed by atoms with E-state index in [9.17, 15) is 18.4 Å². The minimum absolute atomic E-state index is 0.0604. The van der Waals surface area contributed by atoms with E-state index in [-0.39, 0.29) is 30.9 Å². The van der Waals surface area contributed by atoms with E-state index in [2.05, 4.69) is 5.32 Å². The number of rotatable bonds is 6. The number of alkyl halides is 2. The van der Waals surface area contributed by atoms with Crippen LogP contribution in [0, 0.1) is 11.8 Å². The smallest absolute Gasteiger partial charge is 0.407 e. The highest BCUT2D eigenvalue weighted by molar-refractivity contribution is 5.82. The lowest BCUT2D eigenvalue weighted by molar-refractivity contribution is -0.134. The summed E-state index contributed by atoms with van der Waals surface area (Å²) >= 11 is 0. The van der Waals surface area contributed by atoms with Crippen LogP contribution in [0.5, 0.6) is 0 Å². The Morgan fingerprint density at radius 3 is 2.50 bits per heavy atom. The van der Waals surface area contributed by atoms with Crippen molar-refractivity contribution in [1.82, 2.24) is 10.2 Å². The number of carbonyl (C=O) groups excluding carboxylic acids is 2. The van der Waals surface area contributed by atoms with Crippen molar-refractivity contribution >= 4 is 12.0 Å². The summed E-state index contributed by atoms with van der Waals surface area (Å²) in [4.78, 5) is 25.7. The van der Waals surface area contributed by atoms with Crippen LogP contribution >= 0.6 is 0 Å². The molecule has 0 radical (unpaired) electrons. The highest BCUT2D eigenvalue weighted by Crippen LogP contribution is 2.34. The van der Waals surface area contributed by atoms with Gasteiger partial charge in [-0.2, -0.15) is 0 Å². The molecule has 1 saturated heterocycles. The second kappa shape index (κ2) is 9.73. The van der Waals surface area contributed by atoms with E-state index in [0.717, 1.165) is 18.4 Å². The Morgan fingerprint density at radius 1 is 1.23 bits per heavy atom. The molecule has 30 heavy (non-hydrogen) atoms. The standard InChI is InChI=1S/C22H31F2N3O3/c1-15(19(25)20(28)27-12-11-22(23,24)14-27)17-7-9-18(10-8-17)30-21(29)26-13-16-5-3-2-4-6-16/h2-6,15,17-19H,7-14,25H2,1H3,(H,26,29)/t15-,17?,18?,19-/m0/s1. The number of hydrogen-bond acceptors (Lipinski definition) is 4. The molecule has 2 fully saturated rings. The minimum atomic E-state index is -2.81. The van der Waals surface area contributed by atoms with Gasteiger partial charge >= 0.3 is 6.09 Å². The van der Waals surface area contributed by atoms with Gasteiger partial charge in [0.15, 0.2) is 0 Å². The van der Waals surface area contributed by atoms with Crippen LogP contribution in [0.2, 0.25) is 0 Å². The molecule has 166 valence electrons. The van der Waals surface area contributed by atoms with Crippen LogP contribution in [0.1, 0.15) is 44.6 Å². The van der Waals surface area contributed by atoms with Crippen molar-refractivity contribution in [2.75, 3.05) is 13.1 Å². The van der Waals surface area contributed by atoms with Gasteiger partial charge in [-0.25, -0.2) is 13.6 Å². The number of ether oxygens (including phenoxy) is 1. The number of nitrogens with two attached hydrogens (primary N) is 1. The van der Waals surface area contributed by atoms with Crippen molar-refractivity contribution in [2.45, 2.75) is 63.6 Å². The van der Waals surface area contributed by atoms with Crippen LogP contribution < -0.4 is 11.1 Å². The fourth-order valence-corrected chi connectivity index (χ4v) is 4.35. The Labute approximate surface area is 176 Å². The van der Waals surface area contributed by atoms with Gasteiger partial charge in [0.2, 0.25) is 5.91 Å². The lowest BCUT2D eigenvalue weighted by Crippen LogP contribution is -2.49. The van der Waals surface area contributed by atoms with E-state index in [1.807, 2.05) is 37.3 Å².